The van der Waals surface area contributed by atoms with E-state index in [2.05, 4.69) is 31.1 Å². The Balaban J connectivity index is 2.80. The molecule has 1 aromatic heterocycles. The highest BCUT2D eigenvalue weighted by molar-refractivity contribution is 6.32. The Bertz CT molecular complexity index is 336. The van der Waals surface area contributed by atoms with Crippen molar-refractivity contribution < 1.29 is 5.11 Å². The van der Waals surface area contributed by atoms with E-state index in [0.29, 0.717) is 17.3 Å². The van der Waals surface area contributed by atoms with Gasteiger partial charge in [0.2, 0.25) is 0 Å². The van der Waals surface area contributed by atoms with Crippen molar-refractivity contribution in [1.82, 2.24) is 4.98 Å². The predicted molar refractivity (Wildman–Crippen MR) is 67.8 cm³/mol. The molecule has 0 bridgehead atoms. The second-order valence-corrected chi connectivity index (χ2v) is 5.32. The Morgan fingerprint density at radius 1 is 1.50 bits per heavy atom. The van der Waals surface area contributed by atoms with Crippen LogP contribution in [-0.2, 0) is 0 Å². The lowest BCUT2D eigenvalue weighted by Crippen LogP contribution is -2.35. The van der Waals surface area contributed by atoms with Gasteiger partial charge < -0.3 is 10.4 Å². The lowest BCUT2D eigenvalue weighted by atomic mass is 9.85. The molecule has 3 nitrogen and oxygen atoms in total. The van der Waals surface area contributed by atoms with Gasteiger partial charge >= 0.3 is 0 Å². The Morgan fingerprint density at radius 2 is 2.19 bits per heavy atom. The van der Waals surface area contributed by atoms with Gasteiger partial charge in [0.1, 0.15) is 5.82 Å². The maximum Gasteiger partial charge on any atom is 0.144 e. The van der Waals surface area contributed by atoms with Crippen LogP contribution in [0.5, 0.6) is 0 Å². The molecule has 0 spiro atoms. The third-order valence-electron chi connectivity index (χ3n) is 2.53. The first-order valence-electron chi connectivity index (χ1n) is 5.43. The minimum absolute atomic E-state index is 0.0452. The van der Waals surface area contributed by atoms with Crippen molar-refractivity contribution in [2.75, 3.05) is 11.9 Å². The summed E-state index contributed by atoms with van der Waals surface area (Å²) in [5, 5.41) is 12.9. The fourth-order valence-corrected chi connectivity index (χ4v) is 1.68. The van der Waals surface area contributed by atoms with Crippen LogP contribution in [0.3, 0.4) is 0 Å². The number of nitrogens with one attached hydrogen (secondary N) is 1. The molecule has 90 valence electrons. The van der Waals surface area contributed by atoms with Gasteiger partial charge in [0.15, 0.2) is 0 Å². The van der Waals surface area contributed by atoms with Crippen LogP contribution in [-0.4, -0.2) is 22.7 Å². The van der Waals surface area contributed by atoms with Crippen molar-refractivity contribution in [2.24, 2.45) is 5.41 Å². The fourth-order valence-electron chi connectivity index (χ4n) is 1.51. The number of aliphatic hydroxyl groups is 1. The van der Waals surface area contributed by atoms with E-state index in [9.17, 15) is 0 Å². The smallest absolute Gasteiger partial charge is 0.144 e. The molecule has 4 heteroatoms. The van der Waals surface area contributed by atoms with Crippen LogP contribution < -0.4 is 5.32 Å². The van der Waals surface area contributed by atoms with Crippen LogP contribution in [0.2, 0.25) is 5.02 Å². The number of pyridine rings is 1. The second-order valence-electron chi connectivity index (χ2n) is 4.91. The molecule has 2 N–H and O–H groups in total. The molecular weight excluding hydrogens is 224 g/mol. The van der Waals surface area contributed by atoms with Crippen LogP contribution >= 0.6 is 11.6 Å². The summed E-state index contributed by atoms with van der Waals surface area (Å²) in [5.41, 5.74) is 0.0452. The molecule has 0 saturated carbocycles. The number of hydrogen-bond donors (Lipinski definition) is 2. The molecule has 0 fully saturated rings. The Hall–Kier alpha value is -0.800. The molecular formula is C12H19ClN2O. The first-order chi connectivity index (χ1) is 7.45. The van der Waals surface area contributed by atoms with Gasteiger partial charge in [-0.2, -0.15) is 0 Å². The lowest BCUT2D eigenvalue weighted by Gasteiger charge is -2.31. The number of anilines is 1. The van der Waals surface area contributed by atoms with E-state index in [1.807, 2.05) is 0 Å². The maximum absolute atomic E-state index is 9.05. The fraction of sp³-hybridized carbons (Fsp3) is 0.583. The first-order valence-corrected chi connectivity index (χ1v) is 5.81. The molecule has 1 unspecified atom stereocenters. The SMILES string of the molecule is CC(C)(C)C(CCO)Nc1ncccc1Cl. The van der Waals surface area contributed by atoms with Crippen LogP contribution in [0.4, 0.5) is 5.82 Å². The molecule has 1 atom stereocenters. The summed E-state index contributed by atoms with van der Waals surface area (Å²) < 4.78 is 0. The van der Waals surface area contributed by atoms with Gasteiger partial charge in [-0.1, -0.05) is 32.4 Å². The molecule has 1 rings (SSSR count). The third-order valence-corrected chi connectivity index (χ3v) is 2.84. The minimum atomic E-state index is 0.0452. The third kappa shape index (κ3) is 3.65. The first kappa shape index (κ1) is 13.3. The monoisotopic (exact) mass is 242 g/mol. The van der Waals surface area contributed by atoms with Crippen molar-refractivity contribution in [1.29, 1.82) is 0 Å². The van der Waals surface area contributed by atoms with Crippen molar-refractivity contribution >= 4 is 17.4 Å². The number of aliphatic hydroxyl groups excluding tert-OH is 1. The van der Waals surface area contributed by atoms with Crippen molar-refractivity contribution in [3.63, 3.8) is 0 Å². The van der Waals surface area contributed by atoms with Gasteiger partial charge in [-0.05, 0) is 24.0 Å². The van der Waals surface area contributed by atoms with Gasteiger partial charge in [-0.15, -0.1) is 0 Å². The predicted octanol–water partition coefficient (Wildman–Crippen LogP) is 2.94. The van der Waals surface area contributed by atoms with E-state index in [4.69, 9.17) is 16.7 Å². The van der Waals surface area contributed by atoms with Gasteiger partial charge in [-0.3, -0.25) is 0 Å². The van der Waals surface area contributed by atoms with Crippen LogP contribution in [0.15, 0.2) is 18.3 Å². The number of halogens is 1. The molecule has 0 aromatic carbocycles. The van der Waals surface area contributed by atoms with Gasteiger partial charge in [0, 0.05) is 18.8 Å². The Kier molecular flexibility index (Phi) is 4.56. The van der Waals surface area contributed by atoms with E-state index in [1.165, 1.54) is 0 Å². The Morgan fingerprint density at radius 3 is 2.69 bits per heavy atom. The number of nitrogens with zero attached hydrogens (tertiary/aromatic N) is 1. The van der Waals surface area contributed by atoms with Crippen molar-refractivity contribution in [3.05, 3.63) is 23.4 Å². The van der Waals surface area contributed by atoms with Crippen LogP contribution in [0, 0.1) is 5.41 Å². The van der Waals surface area contributed by atoms with Gasteiger partial charge in [0.05, 0.1) is 5.02 Å². The molecule has 0 aliphatic rings. The van der Waals surface area contributed by atoms with Crippen LogP contribution in [0.25, 0.3) is 0 Å². The minimum Gasteiger partial charge on any atom is -0.396 e. The summed E-state index contributed by atoms with van der Waals surface area (Å²) in [7, 11) is 0. The largest absolute Gasteiger partial charge is 0.396 e. The summed E-state index contributed by atoms with van der Waals surface area (Å²) in [6.07, 6.45) is 2.38. The number of rotatable bonds is 4. The summed E-state index contributed by atoms with van der Waals surface area (Å²) in [6, 6.07) is 3.74. The summed E-state index contributed by atoms with van der Waals surface area (Å²) in [5.74, 6) is 0.678. The quantitative estimate of drug-likeness (QED) is 0.853. The molecule has 1 heterocycles. The Labute approximate surface area is 102 Å². The molecule has 0 aliphatic carbocycles. The molecule has 0 saturated heterocycles. The van der Waals surface area contributed by atoms with Gasteiger partial charge in [0.25, 0.3) is 0 Å². The zero-order chi connectivity index (χ0) is 12.2. The lowest BCUT2D eigenvalue weighted by molar-refractivity contribution is 0.235. The van der Waals surface area contributed by atoms with Gasteiger partial charge in [-0.25, -0.2) is 4.98 Å². The highest BCUT2D eigenvalue weighted by atomic mass is 35.5. The van der Waals surface area contributed by atoms with E-state index in [1.54, 1.807) is 18.3 Å². The highest BCUT2D eigenvalue weighted by Gasteiger charge is 2.24. The van der Waals surface area contributed by atoms with E-state index in [0.717, 1.165) is 0 Å². The van der Waals surface area contributed by atoms with Crippen molar-refractivity contribution in [2.45, 2.75) is 33.2 Å². The number of hydrogen-bond acceptors (Lipinski definition) is 3. The normalized spacial score (nSPS) is 13.6. The zero-order valence-electron chi connectivity index (χ0n) is 10.00. The standard InChI is InChI=1S/C12H19ClN2O/c1-12(2,3)10(6-8-16)15-11-9(13)5-4-7-14-11/h4-5,7,10,16H,6,8H2,1-3H3,(H,14,15). The molecule has 16 heavy (non-hydrogen) atoms. The molecule has 1 aromatic rings. The average Bonchev–Trinajstić information content (AvgIpc) is 2.19. The average molecular weight is 243 g/mol. The molecule has 0 radical (unpaired) electrons. The van der Waals surface area contributed by atoms with E-state index < -0.39 is 0 Å². The maximum atomic E-state index is 9.05. The topological polar surface area (TPSA) is 45.1 Å². The van der Waals surface area contributed by atoms with Crippen LogP contribution in [0.1, 0.15) is 27.2 Å². The number of aromatic nitrogens is 1. The summed E-state index contributed by atoms with van der Waals surface area (Å²) in [4.78, 5) is 4.19. The second kappa shape index (κ2) is 5.51. The summed E-state index contributed by atoms with van der Waals surface area (Å²) >= 11 is 6.03. The molecule has 0 amide bonds. The zero-order valence-corrected chi connectivity index (χ0v) is 10.8. The summed E-state index contributed by atoms with van der Waals surface area (Å²) in [6.45, 7) is 6.52. The van der Waals surface area contributed by atoms with Crippen molar-refractivity contribution in [3.8, 4) is 0 Å². The molecule has 0 aliphatic heterocycles. The highest BCUT2D eigenvalue weighted by Crippen LogP contribution is 2.27. The van der Waals surface area contributed by atoms with E-state index in [-0.39, 0.29) is 18.1 Å². The van der Waals surface area contributed by atoms with E-state index >= 15 is 0 Å².